The number of nitrogens with one attached hydrogen (secondary N) is 2. The minimum atomic E-state index is 0.368. The van der Waals surface area contributed by atoms with Crippen molar-refractivity contribution in [1.82, 2.24) is 0 Å². The Morgan fingerprint density at radius 3 is 2.36 bits per heavy atom. The van der Waals surface area contributed by atoms with Gasteiger partial charge in [-0.1, -0.05) is 46.9 Å². The van der Waals surface area contributed by atoms with Crippen LogP contribution >= 0.6 is 47.0 Å². The number of para-hydroxylation sites is 2. The van der Waals surface area contributed by atoms with Crippen LogP contribution in [0.5, 0.6) is 5.75 Å². The standard InChI is InChI=1S/C15H13Cl3N2OS/c1-2-21-14-6-4-3-5-12(14)19-15(22)20-13-8-10(17)9(16)7-11(13)18/h3-8H,2H2,1H3,(H2,19,20,22). The molecule has 0 unspecified atom stereocenters. The van der Waals surface area contributed by atoms with Gasteiger partial charge in [-0.3, -0.25) is 0 Å². The maximum absolute atomic E-state index is 6.11. The lowest BCUT2D eigenvalue weighted by Crippen LogP contribution is -2.19. The van der Waals surface area contributed by atoms with E-state index in [1.54, 1.807) is 12.1 Å². The van der Waals surface area contributed by atoms with Crippen LogP contribution in [0.1, 0.15) is 6.92 Å². The number of hydrogen-bond donors (Lipinski definition) is 2. The number of thiocarbonyl (C=S) groups is 1. The summed E-state index contributed by atoms with van der Waals surface area (Å²) in [6, 6.07) is 10.7. The quantitative estimate of drug-likeness (QED) is 0.518. The van der Waals surface area contributed by atoms with E-state index in [9.17, 15) is 0 Å². The van der Waals surface area contributed by atoms with Crippen molar-refractivity contribution in [3.63, 3.8) is 0 Å². The van der Waals surface area contributed by atoms with Crippen molar-refractivity contribution in [3.8, 4) is 5.75 Å². The average molecular weight is 376 g/mol. The molecule has 7 heteroatoms. The molecular weight excluding hydrogens is 363 g/mol. The number of benzene rings is 2. The summed E-state index contributed by atoms with van der Waals surface area (Å²) in [6.45, 7) is 2.49. The molecule has 0 aromatic heterocycles. The van der Waals surface area contributed by atoms with Gasteiger partial charge >= 0.3 is 0 Å². The first-order valence-electron chi connectivity index (χ1n) is 6.45. The minimum absolute atomic E-state index is 0.368. The van der Waals surface area contributed by atoms with Gasteiger partial charge in [-0.15, -0.1) is 0 Å². The van der Waals surface area contributed by atoms with E-state index in [0.29, 0.717) is 32.5 Å². The fourth-order valence-corrected chi connectivity index (χ4v) is 2.56. The lowest BCUT2D eigenvalue weighted by atomic mass is 10.3. The molecule has 0 amide bonds. The number of anilines is 2. The van der Waals surface area contributed by atoms with Gasteiger partial charge in [0.25, 0.3) is 0 Å². The highest BCUT2D eigenvalue weighted by Gasteiger charge is 2.09. The van der Waals surface area contributed by atoms with Gasteiger partial charge in [-0.2, -0.15) is 0 Å². The number of halogens is 3. The van der Waals surface area contributed by atoms with Gasteiger partial charge in [-0.25, -0.2) is 0 Å². The summed E-state index contributed by atoms with van der Waals surface area (Å²) >= 11 is 23.3. The Hall–Kier alpha value is -1.20. The summed E-state index contributed by atoms with van der Waals surface area (Å²) in [5.74, 6) is 0.717. The van der Waals surface area contributed by atoms with Crippen LogP contribution in [0.15, 0.2) is 36.4 Å². The van der Waals surface area contributed by atoms with Crippen LogP contribution in [0.3, 0.4) is 0 Å². The van der Waals surface area contributed by atoms with Crippen LogP contribution in [0.4, 0.5) is 11.4 Å². The molecule has 0 radical (unpaired) electrons. The van der Waals surface area contributed by atoms with Crippen molar-refractivity contribution >= 4 is 63.5 Å². The molecule has 116 valence electrons. The fourth-order valence-electron chi connectivity index (χ4n) is 1.75. The minimum Gasteiger partial charge on any atom is -0.492 e. The first kappa shape index (κ1) is 17.2. The third-order valence-corrected chi connectivity index (χ3v) is 3.93. The van der Waals surface area contributed by atoms with Gasteiger partial charge in [0.1, 0.15) is 5.75 Å². The predicted octanol–water partition coefficient (Wildman–Crippen LogP) is 5.85. The normalized spacial score (nSPS) is 10.2. The monoisotopic (exact) mass is 374 g/mol. The predicted molar refractivity (Wildman–Crippen MR) is 98.9 cm³/mol. The molecule has 0 aliphatic rings. The SMILES string of the molecule is CCOc1ccccc1NC(=S)Nc1cc(Cl)c(Cl)cc1Cl. The molecule has 0 saturated carbocycles. The molecule has 2 aromatic rings. The smallest absolute Gasteiger partial charge is 0.175 e. The molecule has 22 heavy (non-hydrogen) atoms. The van der Waals surface area contributed by atoms with E-state index in [1.807, 2.05) is 31.2 Å². The summed E-state index contributed by atoms with van der Waals surface area (Å²) in [4.78, 5) is 0. The van der Waals surface area contributed by atoms with Crippen molar-refractivity contribution in [2.75, 3.05) is 17.2 Å². The number of rotatable bonds is 4. The maximum Gasteiger partial charge on any atom is 0.175 e. The highest BCUT2D eigenvalue weighted by molar-refractivity contribution is 7.80. The van der Waals surface area contributed by atoms with E-state index < -0.39 is 0 Å². The van der Waals surface area contributed by atoms with Crippen molar-refractivity contribution in [2.45, 2.75) is 6.92 Å². The Kier molecular flexibility index (Phi) is 6.15. The molecule has 2 rings (SSSR count). The second-order valence-corrected chi connectivity index (χ2v) is 5.88. The van der Waals surface area contributed by atoms with Crippen LogP contribution < -0.4 is 15.4 Å². The van der Waals surface area contributed by atoms with E-state index in [4.69, 9.17) is 51.8 Å². The van der Waals surface area contributed by atoms with Crippen LogP contribution in [0, 0.1) is 0 Å². The largest absolute Gasteiger partial charge is 0.492 e. The Balaban J connectivity index is 2.12. The third kappa shape index (κ3) is 4.40. The van der Waals surface area contributed by atoms with Crippen LogP contribution in [-0.2, 0) is 0 Å². The van der Waals surface area contributed by atoms with Crippen LogP contribution in [0.2, 0.25) is 15.1 Å². The zero-order valence-electron chi connectivity index (χ0n) is 11.6. The zero-order valence-corrected chi connectivity index (χ0v) is 14.7. The Bertz CT molecular complexity index is 694. The van der Waals surface area contributed by atoms with Crippen molar-refractivity contribution < 1.29 is 4.74 Å². The van der Waals surface area contributed by atoms with E-state index in [1.165, 1.54) is 0 Å². The van der Waals surface area contributed by atoms with Gasteiger partial charge in [0.15, 0.2) is 5.11 Å². The second-order valence-electron chi connectivity index (χ2n) is 4.25. The summed E-state index contributed by atoms with van der Waals surface area (Å²) in [7, 11) is 0. The second kappa shape index (κ2) is 7.88. The highest BCUT2D eigenvalue weighted by atomic mass is 35.5. The molecule has 0 aliphatic heterocycles. The van der Waals surface area contributed by atoms with Gasteiger partial charge in [-0.05, 0) is 43.4 Å². The fraction of sp³-hybridized carbons (Fsp3) is 0.133. The summed E-state index contributed by atoms with van der Waals surface area (Å²) in [6.07, 6.45) is 0. The first-order chi connectivity index (χ1) is 10.5. The lowest BCUT2D eigenvalue weighted by molar-refractivity contribution is 0.342. The van der Waals surface area contributed by atoms with E-state index in [2.05, 4.69) is 10.6 Å². The van der Waals surface area contributed by atoms with E-state index >= 15 is 0 Å². The van der Waals surface area contributed by atoms with E-state index in [-0.39, 0.29) is 0 Å². The topological polar surface area (TPSA) is 33.3 Å². The summed E-state index contributed by atoms with van der Waals surface area (Å²) in [5.41, 5.74) is 1.33. The molecule has 0 atom stereocenters. The molecular formula is C15H13Cl3N2OS. The Labute approximate surface area is 149 Å². The van der Waals surface area contributed by atoms with E-state index in [0.717, 1.165) is 11.4 Å². The lowest BCUT2D eigenvalue weighted by Gasteiger charge is -2.15. The Morgan fingerprint density at radius 1 is 1.00 bits per heavy atom. The number of ether oxygens (including phenoxy) is 1. The van der Waals surface area contributed by atoms with Crippen molar-refractivity contribution in [2.24, 2.45) is 0 Å². The van der Waals surface area contributed by atoms with Crippen LogP contribution in [0.25, 0.3) is 0 Å². The zero-order chi connectivity index (χ0) is 16.1. The van der Waals surface area contributed by atoms with Crippen LogP contribution in [-0.4, -0.2) is 11.7 Å². The molecule has 2 N–H and O–H groups in total. The number of hydrogen-bond acceptors (Lipinski definition) is 2. The van der Waals surface area contributed by atoms with Gasteiger partial charge in [0.2, 0.25) is 0 Å². The molecule has 0 fully saturated rings. The summed E-state index contributed by atoms with van der Waals surface area (Å²) < 4.78 is 5.53. The third-order valence-electron chi connectivity index (χ3n) is 2.69. The molecule has 0 aliphatic carbocycles. The molecule has 2 aromatic carbocycles. The summed E-state index contributed by atoms with van der Waals surface area (Å²) in [5, 5.41) is 7.63. The van der Waals surface area contributed by atoms with Crippen molar-refractivity contribution in [1.29, 1.82) is 0 Å². The van der Waals surface area contributed by atoms with Crippen molar-refractivity contribution in [3.05, 3.63) is 51.5 Å². The average Bonchev–Trinajstić information content (AvgIpc) is 2.47. The molecule has 0 saturated heterocycles. The highest BCUT2D eigenvalue weighted by Crippen LogP contribution is 2.32. The molecule has 0 bridgehead atoms. The van der Waals surface area contributed by atoms with Gasteiger partial charge in [0, 0.05) is 0 Å². The molecule has 0 spiro atoms. The molecule has 0 heterocycles. The Morgan fingerprint density at radius 2 is 1.64 bits per heavy atom. The van der Waals surface area contributed by atoms with Gasteiger partial charge in [0.05, 0.1) is 33.0 Å². The molecule has 3 nitrogen and oxygen atoms in total. The maximum atomic E-state index is 6.11. The van der Waals surface area contributed by atoms with Gasteiger partial charge < -0.3 is 15.4 Å². The first-order valence-corrected chi connectivity index (χ1v) is 8.00.